The molecule has 0 radical (unpaired) electrons. The van der Waals surface area contributed by atoms with Crippen molar-refractivity contribution in [2.45, 2.75) is 25.7 Å². The van der Waals surface area contributed by atoms with Crippen LogP contribution in [0.25, 0.3) is 0 Å². The van der Waals surface area contributed by atoms with E-state index in [2.05, 4.69) is 37.6 Å². The highest BCUT2D eigenvalue weighted by Gasteiger charge is 2.04. The van der Waals surface area contributed by atoms with Gasteiger partial charge in [-0.15, -0.1) is 0 Å². The molecular weight excluding hydrogens is 302 g/mol. The molecule has 0 bridgehead atoms. The molecule has 96 valence electrons. The van der Waals surface area contributed by atoms with E-state index in [1.807, 2.05) is 7.05 Å². The Bertz CT molecular complexity index is 324. The van der Waals surface area contributed by atoms with E-state index < -0.39 is 0 Å². The minimum atomic E-state index is 0.673. The van der Waals surface area contributed by atoms with Crippen LogP contribution in [0.2, 0.25) is 0 Å². The zero-order valence-corrected chi connectivity index (χ0v) is 12.4. The van der Waals surface area contributed by atoms with Crippen molar-refractivity contribution in [3.8, 4) is 0 Å². The number of nitrogens with one attached hydrogen (secondary N) is 2. The summed E-state index contributed by atoms with van der Waals surface area (Å²) < 4.78 is 0.960. The van der Waals surface area contributed by atoms with Gasteiger partial charge in [-0.1, -0.05) is 17.7 Å². The van der Waals surface area contributed by atoms with Crippen LogP contribution < -0.4 is 10.6 Å². The molecule has 0 fully saturated rings. The molecule has 17 heavy (non-hydrogen) atoms. The number of nitrogens with zero attached hydrogens (tertiary/aromatic N) is 1. The van der Waals surface area contributed by atoms with Crippen LogP contribution in [0.15, 0.2) is 27.4 Å². The van der Waals surface area contributed by atoms with Gasteiger partial charge in [0.25, 0.3) is 0 Å². The number of aliphatic imine (C=N–C) groups is 1. The van der Waals surface area contributed by atoms with E-state index in [1.165, 1.54) is 0 Å². The second kappa shape index (κ2) is 8.72. The van der Waals surface area contributed by atoms with Gasteiger partial charge in [-0.05, 0) is 48.8 Å². The normalized spacial score (nSPS) is 23.4. The molecule has 0 aromatic heterocycles. The van der Waals surface area contributed by atoms with Gasteiger partial charge in [0.1, 0.15) is 5.17 Å². The molecule has 5 heteroatoms. The molecule has 0 aliphatic carbocycles. The molecule has 0 saturated heterocycles. The van der Waals surface area contributed by atoms with Crippen LogP contribution in [-0.4, -0.2) is 25.3 Å². The molecule has 1 heterocycles. The SMILES string of the molecule is CNCCCNC1=C\CCCC(Cl)=N/C=C\1Br. The molecule has 2 N–H and O–H groups in total. The minimum absolute atomic E-state index is 0.673. The molecule has 0 aromatic carbocycles. The van der Waals surface area contributed by atoms with E-state index >= 15 is 0 Å². The third kappa shape index (κ3) is 6.24. The van der Waals surface area contributed by atoms with Crippen molar-refractivity contribution in [3.05, 3.63) is 22.5 Å². The van der Waals surface area contributed by atoms with Crippen LogP contribution in [-0.2, 0) is 0 Å². The predicted molar refractivity (Wildman–Crippen MR) is 78.8 cm³/mol. The summed E-state index contributed by atoms with van der Waals surface area (Å²) in [6, 6.07) is 0. The molecule has 0 amide bonds. The van der Waals surface area contributed by atoms with E-state index in [-0.39, 0.29) is 0 Å². The molecule has 1 aliphatic rings. The molecule has 0 atom stereocenters. The number of allylic oxidation sites excluding steroid dienone is 2. The van der Waals surface area contributed by atoms with Crippen molar-refractivity contribution in [3.63, 3.8) is 0 Å². The number of hydrogen-bond donors (Lipinski definition) is 2. The fourth-order valence-electron chi connectivity index (χ4n) is 1.50. The Balaban J connectivity index is 2.55. The first-order valence-corrected chi connectivity index (χ1v) is 7.08. The lowest BCUT2D eigenvalue weighted by molar-refractivity contribution is 0.679. The van der Waals surface area contributed by atoms with Gasteiger partial charge >= 0.3 is 0 Å². The highest BCUT2D eigenvalue weighted by Crippen LogP contribution is 2.19. The number of halogens is 2. The van der Waals surface area contributed by atoms with Gasteiger partial charge in [0.2, 0.25) is 0 Å². The highest BCUT2D eigenvalue weighted by atomic mass is 79.9. The molecule has 0 saturated carbocycles. The molecule has 0 spiro atoms. The number of rotatable bonds is 5. The van der Waals surface area contributed by atoms with Gasteiger partial charge in [0, 0.05) is 24.9 Å². The van der Waals surface area contributed by atoms with Crippen LogP contribution >= 0.6 is 27.5 Å². The summed E-state index contributed by atoms with van der Waals surface area (Å²) >= 11 is 9.48. The van der Waals surface area contributed by atoms with Crippen molar-refractivity contribution in [2.75, 3.05) is 20.1 Å². The quantitative estimate of drug-likeness (QED) is 0.764. The third-order valence-electron chi connectivity index (χ3n) is 2.43. The van der Waals surface area contributed by atoms with Crippen molar-refractivity contribution < 1.29 is 0 Å². The molecule has 1 aliphatic heterocycles. The van der Waals surface area contributed by atoms with Crippen molar-refractivity contribution >= 4 is 32.7 Å². The fraction of sp³-hybridized carbons (Fsp3) is 0.583. The summed E-state index contributed by atoms with van der Waals surface area (Å²) in [5.74, 6) is 0. The van der Waals surface area contributed by atoms with Crippen LogP contribution in [0, 0.1) is 0 Å². The summed E-state index contributed by atoms with van der Waals surface area (Å²) in [5, 5.41) is 7.21. The van der Waals surface area contributed by atoms with Crippen LogP contribution in [0.1, 0.15) is 25.7 Å². The van der Waals surface area contributed by atoms with Gasteiger partial charge in [-0.2, -0.15) is 0 Å². The number of hydrogen-bond acceptors (Lipinski definition) is 3. The van der Waals surface area contributed by atoms with Gasteiger partial charge in [-0.25, -0.2) is 4.99 Å². The second-order valence-corrected chi connectivity index (χ2v) is 5.17. The monoisotopic (exact) mass is 319 g/mol. The summed E-state index contributed by atoms with van der Waals surface area (Å²) in [6.45, 7) is 1.97. The Hall–Kier alpha value is -0.320. The first kappa shape index (κ1) is 14.7. The van der Waals surface area contributed by atoms with Crippen molar-refractivity contribution in [1.82, 2.24) is 10.6 Å². The van der Waals surface area contributed by atoms with E-state index in [1.54, 1.807) is 6.20 Å². The minimum Gasteiger partial charge on any atom is -0.384 e. The average Bonchev–Trinajstić information content (AvgIpc) is 2.40. The molecule has 0 unspecified atom stereocenters. The zero-order valence-electron chi connectivity index (χ0n) is 10.1. The van der Waals surface area contributed by atoms with Gasteiger partial charge in [0.15, 0.2) is 0 Å². The third-order valence-corrected chi connectivity index (χ3v) is 3.35. The Kier molecular flexibility index (Phi) is 7.56. The van der Waals surface area contributed by atoms with Gasteiger partial charge in [-0.3, -0.25) is 0 Å². The first-order valence-electron chi connectivity index (χ1n) is 5.91. The molecule has 3 nitrogen and oxygen atoms in total. The van der Waals surface area contributed by atoms with Crippen molar-refractivity contribution in [2.24, 2.45) is 4.99 Å². The predicted octanol–water partition coefficient (Wildman–Crippen LogP) is 3.13. The average molecular weight is 321 g/mol. The smallest absolute Gasteiger partial charge is 0.106 e. The lowest BCUT2D eigenvalue weighted by Gasteiger charge is -2.09. The maximum atomic E-state index is 5.96. The van der Waals surface area contributed by atoms with E-state index in [9.17, 15) is 0 Å². The highest BCUT2D eigenvalue weighted by molar-refractivity contribution is 9.12. The summed E-state index contributed by atoms with van der Waals surface area (Å²) in [7, 11) is 1.96. The topological polar surface area (TPSA) is 36.4 Å². The first-order chi connectivity index (χ1) is 8.24. The van der Waals surface area contributed by atoms with Gasteiger partial charge < -0.3 is 10.6 Å². The summed E-state index contributed by atoms with van der Waals surface area (Å²) in [6.07, 6.45) is 7.97. The van der Waals surface area contributed by atoms with E-state index in [0.29, 0.717) is 5.17 Å². The lowest BCUT2D eigenvalue weighted by atomic mass is 10.2. The molecule has 1 rings (SSSR count). The fourth-order valence-corrected chi connectivity index (χ4v) is 2.08. The Labute approximate surface area is 117 Å². The van der Waals surface area contributed by atoms with Gasteiger partial charge in [0.05, 0.1) is 4.48 Å². The standard InChI is InChI=1S/C12H19BrClN3/c1-15-7-4-8-16-11-5-2-3-6-12(14)17-9-10(11)13/h5,9,15-16H,2-4,6-8H2,1H3/b10-9+,11-5-,17-12?. The van der Waals surface area contributed by atoms with E-state index in [4.69, 9.17) is 11.6 Å². The molecular formula is C12H19BrClN3. The lowest BCUT2D eigenvalue weighted by Crippen LogP contribution is -2.19. The maximum absolute atomic E-state index is 5.96. The van der Waals surface area contributed by atoms with Crippen LogP contribution in [0.5, 0.6) is 0 Å². The molecule has 0 aromatic rings. The van der Waals surface area contributed by atoms with E-state index in [0.717, 1.165) is 49.0 Å². The zero-order chi connectivity index (χ0) is 12.5. The second-order valence-electron chi connectivity index (χ2n) is 3.88. The van der Waals surface area contributed by atoms with Crippen molar-refractivity contribution in [1.29, 1.82) is 0 Å². The maximum Gasteiger partial charge on any atom is 0.106 e. The van der Waals surface area contributed by atoms with Crippen LogP contribution in [0.4, 0.5) is 0 Å². The van der Waals surface area contributed by atoms with Crippen LogP contribution in [0.3, 0.4) is 0 Å². The Morgan fingerprint density at radius 2 is 2.29 bits per heavy atom. The Morgan fingerprint density at radius 1 is 1.47 bits per heavy atom. The summed E-state index contributed by atoms with van der Waals surface area (Å²) in [5.41, 5.74) is 1.11. The summed E-state index contributed by atoms with van der Waals surface area (Å²) in [4.78, 5) is 4.20. The Morgan fingerprint density at radius 3 is 3.06 bits per heavy atom. The largest absolute Gasteiger partial charge is 0.384 e.